The number of allylic oxidation sites excluding steroid dienone is 1. The Bertz CT molecular complexity index is 763. The molecule has 0 saturated carbocycles. The number of ether oxygens (including phenoxy) is 2. The van der Waals surface area contributed by atoms with Gasteiger partial charge in [0, 0.05) is 29.6 Å². The van der Waals surface area contributed by atoms with E-state index in [9.17, 15) is 9.59 Å². The first-order valence-electron chi connectivity index (χ1n) is 7.35. The van der Waals surface area contributed by atoms with Crippen molar-refractivity contribution in [2.75, 3.05) is 19.5 Å². The van der Waals surface area contributed by atoms with Gasteiger partial charge >= 0.3 is 0 Å². The zero-order valence-corrected chi connectivity index (χ0v) is 13.8. The van der Waals surface area contributed by atoms with Gasteiger partial charge in [-0.25, -0.2) is 0 Å². The number of hydrogen-bond donors (Lipinski definition) is 1. The fourth-order valence-corrected chi connectivity index (χ4v) is 2.11. The largest absolute Gasteiger partial charge is 0.497 e. The second-order valence-electron chi connectivity index (χ2n) is 5.04. The molecule has 0 bridgehead atoms. The molecule has 2 rings (SSSR count). The average molecular weight is 325 g/mol. The predicted molar refractivity (Wildman–Crippen MR) is 93.1 cm³/mol. The summed E-state index contributed by atoms with van der Waals surface area (Å²) in [4.78, 5) is 23.5. The topological polar surface area (TPSA) is 64.6 Å². The number of hydrogen-bond acceptors (Lipinski definition) is 5. The van der Waals surface area contributed by atoms with E-state index in [1.165, 1.54) is 20.1 Å². The van der Waals surface area contributed by atoms with Crippen LogP contribution in [-0.4, -0.2) is 25.8 Å². The third-order valence-corrected chi connectivity index (χ3v) is 3.45. The van der Waals surface area contributed by atoms with Crippen LogP contribution in [0.4, 0.5) is 5.69 Å². The van der Waals surface area contributed by atoms with Crippen molar-refractivity contribution in [2.24, 2.45) is 0 Å². The Labute approximate surface area is 140 Å². The van der Waals surface area contributed by atoms with E-state index in [2.05, 4.69) is 5.32 Å². The number of carbonyl (C=O) groups is 2. The van der Waals surface area contributed by atoms with Gasteiger partial charge in [0.2, 0.25) is 0 Å². The van der Waals surface area contributed by atoms with E-state index in [0.29, 0.717) is 22.6 Å². The van der Waals surface area contributed by atoms with Crippen molar-refractivity contribution < 1.29 is 19.1 Å². The summed E-state index contributed by atoms with van der Waals surface area (Å²) >= 11 is 0. The molecular weight excluding hydrogens is 306 g/mol. The van der Waals surface area contributed by atoms with E-state index in [0.717, 1.165) is 5.69 Å². The minimum atomic E-state index is -0.192. The third-order valence-electron chi connectivity index (χ3n) is 3.45. The Morgan fingerprint density at radius 1 is 1.00 bits per heavy atom. The molecule has 124 valence electrons. The van der Waals surface area contributed by atoms with Gasteiger partial charge in [-0.1, -0.05) is 0 Å². The molecular formula is C19H19NO4. The summed E-state index contributed by atoms with van der Waals surface area (Å²) in [6.45, 7) is 1.52. The molecule has 24 heavy (non-hydrogen) atoms. The maximum absolute atomic E-state index is 12.3. The molecule has 0 fully saturated rings. The summed E-state index contributed by atoms with van der Waals surface area (Å²) in [5, 5.41) is 2.99. The van der Waals surface area contributed by atoms with Gasteiger partial charge in [0.15, 0.2) is 11.6 Å². The molecule has 2 aromatic rings. The lowest BCUT2D eigenvalue weighted by Gasteiger charge is -2.08. The average Bonchev–Trinajstić information content (AvgIpc) is 2.61. The first-order chi connectivity index (χ1) is 11.5. The van der Waals surface area contributed by atoms with E-state index in [1.54, 1.807) is 55.8 Å². The van der Waals surface area contributed by atoms with Gasteiger partial charge in [-0.15, -0.1) is 0 Å². The quantitative estimate of drug-likeness (QED) is 0.621. The van der Waals surface area contributed by atoms with Crippen molar-refractivity contribution in [3.8, 4) is 11.5 Å². The monoisotopic (exact) mass is 325 g/mol. The van der Waals surface area contributed by atoms with Gasteiger partial charge < -0.3 is 14.8 Å². The van der Waals surface area contributed by atoms with Crippen LogP contribution in [0.25, 0.3) is 0 Å². The number of benzene rings is 2. The third kappa shape index (κ3) is 4.23. The number of anilines is 1. The first-order valence-corrected chi connectivity index (χ1v) is 7.35. The highest BCUT2D eigenvalue weighted by Gasteiger charge is 2.10. The summed E-state index contributed by atoms with van der Waals surface area (Å²) in [6.07, 6.45) is 2.97. The summed E-state index contributed by atoms with van der Waals surface area (Å²) in [7, 11) is 3.06. The van der Waals surface area contributed by atoms with Gasteiger partial charge in [0.05, 0.1) is 19.8 Å². The summed E-state index contributed by atoms with van der Waals surface area (Å²) in [6, 6.07) is 12.0. The molecule has 0 aliphatic carbocycles. The van der Waals surface area contributed by atoms with Crippen LogP contribution < -0.4 is 14.8 Å². The fraction of sp³-hybridized carbons (Fsp3) is 0.158. The van der Waals surface area contributed by atoms with E-state index in [4.69, 9.17) is 9.47 Å². The maximum atomic E-state index is 12.3. The molecule has 0 radical (unpaired) electrons. The van der Waals surface area contributed by atoms with E-state index < -0.39 is 0 Å². The number of Topliss-reactive ketones (excluding diaryl/α,β-unsaturated/α-hetero) is 1. The van der Waals surface area contributed by atoms with Crippen molar-refractivity contribution in [2.45, 2.75) is 6.92 Å². The van der Waals surface area contributed by atoms with Crippen molar-refractivity contribution in [1.82, 2.24) is 0 Å². The van der Waals surface area contributed by atoms with Crippen molar-refractivity contribution in [1.29, 1.82) is 0 Å². The highest BCUT2D eigenvalue weighted by atomic mass is 16.5. The van der Waals surface area contributed by atoms with Crippen LogP contribution in [0.2, 0.25) is 0 Å². The van der Waals surface area contributed by atoms with Crippen LogP contribution in [0.1, 0.15) is 27.6 Å². The van der Waals surface area contributed by atoms with Gasteiger partial charge in [0.25, 0.3) is 0 Å². The van der Waals surface area contributed by atoms with Crippen molar-refractivity contribution in [3.63, 3.8) is 0 Å². The van der Waals surface area contributed by atoms with Crippen molar-refractivity contribution in [3.05, 3.63) is 65.9 Å². The van der Waals surface area contributed by atoms with Crippen LogP contribution >= 0.6 is 0 Å². The molecule has 5 heteroatoms. The van der Waals surface area contributed by atoms with E-state index >= 15 is 0 Å². The van der Waals surface area contributed by atoms with Crippen LogP contribution in [-0.2, 0) is 0 Å². The standard InChI is InChI=1S/C19H19NO4/c1-13(21)14-4-6-15(7-5-14)20-11-10-18(22)17-9-8-16(23-2)12-19(17)24-3/h4-12,20H,1-3H3/b11-10-. The molecule has 2 aromatic carbocycles. The van der Waals surface area contributed by atoms with E-state index in [1.807, 2.05) is 0 Å². The summed E-state index contributed by atoms with van der Waals surface area (Å²) < 4.78 is 10.3. The summed E-state index contributed by atoms with van der Waals surface area (Å²) in [5.41, 5.74) is 1.87. The Kier molecular flexibility index (Phi) is 5.73. The van der Waals surface area contributed by atoms with E-state index in [-0.39, 0.29) is 11.6 Å². The van der Waals surface area contributed by atoms with Gasteiger partial charge in [0.1, 0.15) is 11.5 Å². The number of rotatable bonds is 7. The molecule has 0 aliphatic rings. The number of ketones is 2. The number of nitrogens with one attached hydrogen (secondary N) is 1. The zero-order chi connectivity index (χ0) is 17.5. The SMILES string of the molecule is COc1ccc(C(=O)/C=C\Nc2ccc(C(C)=O)cc2)c(OC)c1. The normalized spacial score (nSPS) is 10.5. The Morgan fingerprint density at radius 3 is 2.29 bits per heavy atom. The molecule has 0 amide bonds. The Hall–Kier alpha value is -3.08. The van der Waals surface area contributed by atoms with Crippen LogP contribution in [0.5, 0.6) is 11.5 Å². The first kappa shape index (κ1) is 17.3. The van der Waals surface area contributed by atoms with Gasteiger partial charge in [-0.3, -0.25) is 9.59 Å². The molecule has 0 spiro atoms. The lowest BCUT2D eigenvalue weighted by Crippen LogP contribution is -2.00. The minimum absolute atomic E-state index is 0.0128. The van der Waals surface area contributed by atoms with Gasteiger partial charge in [-0.05, 0) is 43.3 Å². The van der Waals surface area contributed by atoms with Gasteiger partial charge in [-0.2, -0.15) is 0 Å². The number of methoxy groups -OCH3 is 2. The minimum Gasteiger partial charge on any atom is -0.497 e. The molecule has 0 unspecified atom stereocenters. The highest BCUT2D eigenvalue weighted by molar-refractivity contribution is 6.06. The van der Waals surface area contributed by atoms with Crippen molar-refractivity contribution >= 4 is 17.3 Å². The lowest BCUT2D eigenvalue weighted by atomic mass is 10.1. The molecule has 0 atom stereocenters. The second kappa shape index (κ2) is 7.97. The molecule has 0 saturated heterocycles. The zero-order valence-electron chi connectivity index (χ0n) is 13.8. The Balaban J connectivity index is 2.06. The molecule has 1 N–H and O–H groups in total. The molecule has 0 heterocycles. The molecule has 0 aliphatic heterocycles. The van der Waals surface area contributed by atoms with Crippen LogP contribution in [0.3, 0.4) is 0 Å². The fourth-order valence-electron chi connectivity index (χ4n) is 2.11. The second-order valence-corrected chi connectivity index (χ2v) is 5.04. The predicted octanol–water partition coefficient (Wildman–Crippen LogP) is 3.71. The summed E-state index contributed by atoms with van der Waals surface area (Å²) in [5.74, 6) is 0.895. The maximum Gasteiger partial charge on any atom is 0.191 e. The molecule has 0 aromatic heterocycles. The molecule has 5 nitrogen and oxygen atoms in total. The van der Waals surface area contributed by atoms with Crippen LogP contribution in [0, 0.1) is 0 Å². The highest BCUT2D eigenvalue weighted by Crippen LogP contribution is 2.25. The lowest BCUT2D eigenvalue weighted by molar-refractivity contribution is 0.101. The van der Waals surface area contributed by atoms with Crippen LogP contribution in [0.15, 0.2) is 54.7 Å². The smallest absolute Gasteiger partial charge is 0.191 e. The Morgan fingerprint density at radius 2 is 1.71 bits per heavy atom. The number of carbonyl (C=O) groups excluding carboxylic acids is 2.